The molecule has 0 saturated heterocycles. The van der Waals surface area contributed by atoms with Crippen LogP contribution < -0.4 is 0 Å². The third-order valence-corrected chi connectivity index (χ3v) is 1.76. The lowest BCUT2D eigenvalue weighted by molar-refractivity contribution is -0.153. The van der Waals surface area contributed by atoms with Crippen LogP contribution in [0.3, 0.4) is 0 Å². The van der Waals surface area contributed by atoms with Gasteiger partial charge in [-0.1, -0.05) is 0 Å². The van der Waals surface area contributed by atoms with Crippen LogP contribution in [-0.4, -0.2) is 12.6 Å². The van der Waals surface area contributed by atoms with Crippen molar-refractivity contribution in [3.05, 3.63) is 0 Å². The first-order chi connectivity index (χ1) is 5.00. The average Bonchev–Trinajstić information content (AvgIpc) is 2.62. The third kappa shape index (κ3) is 2.91. The highest BCUT2D eigenvalue weighted by atomic mass is 16.5. The minimum atomic E-state index is -0.338. The summed E-state index contributed by atoms with van der Waals surface area (Å²) in [4.78, 5) is 11.2. The summed E-state index contributed by atoms with van der Waals surface area (Å²) in [5, 5.41) is 0. The highest BCUT2D eigenvalue weighted by Gasteiger charge is 2.27. The summed E-state index contributed by atoms with van der Waals surface area (Å²) in [6.07, 6.45) is 2.47. The number of hydrogen-bond acceptors (Lipinski definition) is 2. The van der Waals surface area contributed by atoms with E-state index in [1.807, 2.05) is 20.8 Å². The molecule has 0 bridgehead atoms. The van der Waals surface area contributed by atoms with Crippen LogP contribution in [0.4, 0.5) is 0 Å². The molecule has 2 nitrogen and oxygen atoms in total. The number of carbonyl (C=O) groups excluding carboxylic acids is 1. The Labute approximate surface area is 67.9 Å². The minimum Gasteiger partial charge on any atom is -0.465 e. The van der Waals surface area contributed by atoms with Crippen LogP contribution >= 0.6 is 0 Å². The Kier molecular flexibility index (Phi) is 2.21. The van der Waals surface area contributed by atoms with Gasteiger partial charge in [0.1, 0.15) is 0 Å². The number of rotatable bonds is 2. The maximum atomic E-state index is 11.2. The van der Waals surface area contributed by atoms with Crippen LogP contribution in [0.5, 0.6) is 0 Å². The number of hydrogen-bond donors (Lipinski definition) is 0. The van der Waals surface area contributed by atoms with Gasteiger partial charge in [-0.15, -0.1) is 0 Å². The fraction of sp³-hybridized carbons (Fsp3) is 0.889. The summed E-state index contributed by atoms with van der Waals surface area (Å²) in [7, 11) is 0. The summed E-state index contributed by atoms with van der Waals surface area (Å²) >= 11 is 0. The fourth-order valence-corrected chi connectivity index (χ4v) is 0.695. The maximum absolute atomic E-state index is 11.2. The zero-order chi connectivity index (χ0) is 8.48. The van der Waals surface area contributed by atoms with E-state index in [2.05, 4.69) is 0 Å². The second-order valence-corrected chi connectivity index (χ2v) is 4.29. The molecule has 1 aliphatic rings. The van der Waals surface area contributed by atoms with Gasteiger partial charge in [0.2, 0.25) is 0 Å². The van der Waals surface area contributed by atoms with E-state index in [9.17, 15) is 4.79 Å². The average molecular weight is 156 g/mol. The molecule has 0 N–H and O–H groups in total. The Balaban J connectivity index is 2.19. The molecule has 1 rings (SSSR count). The Morgan fingerprint density at radius 3 is 2.36 bits per heavy atom. The lowest BCUT2D eigenvalue weighted by Crippen LogP contribution is -2.23. The van der Waals surface area contributed by atoms with E-state index in [-0.39, 0.29) is 11.4 Å². The number of carbonyl (C=O) groups is 1. The van der Waals surface area contributed by atoms with Crippen molar-refractivity contribution >= 4 is 5.97 Å². The quantitative estimate of drug-likeness (QED) is 0.571. The Morgan fingerprint density at radius 1 is 1.45 bits per heavy atom. The molecule has 1 fully saturated rings. The molecule has 0 aromatic heterocycles. The molecule has 1 aliphatic carbocycles. The monoisotopic (exact) mass is 156 g/mol. The van der Waals surface area contributed by atoms with Gasteiger partial charge < -0.3 is 4.74 Å². The molecular weight excluding hydrogens is 140 g/mol. The van der Waals surface area contributed by atoms with Gasteiger partial charge in [-0.3, -0.25) is 4.79 Å². The zero-order valence-corrected chi connectivity index (χ0v) is 7.52. The Hall–Kier alpha value is -0.530. The first-order valence-corrected chi connectivity index (χ1v) is 4.17. The topological polar surface area (TPSA) is 26.3 Å². The summed E-state index contributed by atoms with van der Waals surface area (Å²) < 4.78 is 5.09. The summed E-state index contributed by atoms with van der Waals surface area (Å²) in [6.45, 7) is 6.27. The SMILES string of the molecule is CC(C)(C)C(=O)OCC1CC1. The smallest absolute Gasteiger partial charge is 0.311 e. The first kappa shape index (κ1) is 8.57. The molecule has 0 spiro atoms. The van der Waals surface area contributed by atoms with Crippen molar-refractivity contribution in [1.29, 1.82) is 0 Å². The van der Waals surface area contributed by atoms with Crippen LogP contribution in [0.15, 0.2) is 0 Å². The second kappa shape index (κ2) is 2.84. The van der Waals surface area contributed by atoms with E-state index in [0.29, 0.717) is 12.5 Å². The van der Waals surface area contributed by atoms with Crippen LogP contribution in [0.25, 0.3) is 0 Å². The van der Waals surface area contributed by atoms with Crippen molar-refractivity contribution in [2.45, 2.75) is 33.6 Å². The van der Waals surface area contributed by atoms with E-state index in [4.69, 9.17) is 4.74 Å². The predicted octanol–water partition coefficient (Wildman–Crippen LogP) is 1.99. The number of ether oxygens (including phenoxy) is 1. The van der Waals surface area contributed by atoms with Crippen molar-refractivity contribution in [2.24, 2.45) is 11.3 Å². The molecule has 1 saturated carbocycles. The van der Waals surface area contributed by atoms with E-state index in [1.54, 1.807) is 0 Å². The molecule has 0 heterocycles. The standard InChI is InChI=1S/C9H16O2/c1-9(2,3)8(10)11-6-7-4-5-7/h7H,4-6H2,1-3H3. The molecule has 0 unspecified atom stereocenters. The summed E-state index contributed by atoms with van der Waals surface area (Å²) in [5.74, 6) is 0.589. The molecule has 0 aliphatic heterocycles. The molecule has 11 heavy (non-hydrogen) atoms. The molecule has 0 aromatic rings. The van der Waals surface area contributed by atoms with E-state index in [0.717, 1.165) is 0 Å². The van der Waals surface area contributed by atoms with Gasteiger partial charge in [0.15, 0.2) is 0 Å². The van der Waals surface area contributed by atoms with Crippen molar-refractivity contribution in [3.63, 3.8) is 0 Å². The normalized spacial score (nSPS) is 18.1. The van der Waals surface area contributed by atoms with Gasteiger partial charge in [0.25, 0.3) is 0 Å². The van der Waals surface area contributed by atoms with Gasteiger partial charge in [-0.2, -0.15) is 0 Å². The van der Waals surface area contributed by atoms with Gasteiger partial charge in [0.05, 0.1) is 12.0 Å². The fourth-order valence-electron chi connectivity index (χ4n) is 0.695. The highest BCUT2D eigenvalue weighted by Crippen LogP contribution is 2.29. The van der Waals surface area contributed by atoms with Crippen LogP contribution in [0, 0.1) is 11.3 Å². The van der Waals surface area contributed by atoms with Gasteiger partial charge in [-0.25, -0.2) is 0 Å². The van der Waals surface area contributed by atoms with Gasteiger partial charge >= 0.3 is 5.97 Å². The lowest BCUT2D eigenvalue weighted by Gasteiger charge is -2.16. The van der Waals surface area contributed by atoms with Crippen LogP contribution in [0.2, 0.25) is 0 Å². The molecule has 64 valence electrons. The van der Waals surface area contributed by atoms with Crippen molar-refractivity contribution < 1.29 is 9.53 Å². The molecule has 0 aromatic carbocycles. The predicted molar refractivity (Wildman–Crippen MR) is 43.1 cm³/mol. The molecule has 0 amide bonds. The molecular formula is C9H16O2. The Morgan fingerprint density at radius 2 is 2.00 bits per heavy atom. The molecule has 0 radical (unpaired) electrons. The highest BCUT2D eigenvalue weighted by molar-refractivity contribution is 5.75. The molecule has 0 atom stereocenters. The summed E-state index contributed by atoms with van der Waals surface area (Å²) in [6, 6.07) is 0. The number of esters is 1. The minimum absolute atomic E-state index is 0.0793. The van der Waals surface area contributed by atoms with Crippen LogP contribution in [0.1, 0.15) is 33.6 Å². The van der Waals surface area contributed by atoms with E-state index < -0.39 is 0 Å². The van der Waals surface area contributed by atoms with Crippen molar-refractivity contribution in [3.8, 4) is 0 Å². The van der Waals surface area contributed by atoms with Crippen molar-refractivity contribution in [1.82, 2.24) is 0 Å². The Bertz CT molecular complexity index is 151. The van der Waals surface area contributed by atoms with Gasteiger partial charge in [-0.05, 0) is 39.5 Å². The van der Waals surface area contributed by atoms with E-state index >= 15 is 0 Å². The largest absolute Gasteiger partial charge is 0.465 e. The van der Waals surface area contributed by atoms with Crippen molar-refractivity contribution in [2.75, 3.05) is 6.61 Å². The molecule has 2 heteroatoms. The van der Waals surface area contributed by atoms with E-state index in [1.165, 1.54) is 12.8 Å². The summed E-state index contributed by atoms with van der Waals surface area (Å²) in [5.41, 5.74) is -0.338. The third-order valence-electron chi connectivity index (χ3n) is 1.76. The zero-order valence-electron chi connectivity index (χ0n) is 7.52. The second-order valence-electron chi connectivity index (χ2n) is 4.29. The van der Waals surface area contributed by atoms with Crippen LogP contribution in [-0.2, 0) is 9.53 Å². The van der Waals surface area contributed by atoms with Gasteiger partial charge in [0, 0.05) is 0 Å². The lowest BCUT2D eigenvalue weighted by atomic mass is 9.97. The maximum Gasteiger partial charge on any atom is 0.311 e. The first-order valence-electron chi connectivity index (χ1n) is 4.17.